The van der Waals surface area contributed by atoms with Crippen LogP contribution in [0.1, 0.15) is 6.42 Å². The molecule has 84 valence electrons. The maximum Gasteiger partial charge on any atom is 0.115 e. The van der Waals surface area contributed by atoms with Gasteiger partial charge in [0.15, 0.2) is 0 Å². The van der Waals surface area contributed by atoms with Crippen molar-refractivity contribution in [3.8, 4) is 17.0 Å². The number of benzene rings is 1. The molecule has 0 aliphatic heterocycles. The maximum absolute atomic E-state index is 9.19. The largest absolute Gasteiger partial charge is 0.508 e. The van der Waals surface area contributed by atoms with E-state index in [2.05, 4.69) is 5.10 Å². The van der Waals surface area contributed by atoms with Crippen LogP contribution in [-0.4, -0.2) is 21.4 Å². The molecule has 0 aliphatic rings. The van der Waals surface area contributed by atoms with Crippen molar-refractivity contribution in [3.63, 3.8) is 0 Å². The summed E-state index contributed by atoms with van der Waals surface area (Å²) in [5.74, 6) is 0.270. The normalized spacial score (nSPS) is 10.6. The minimum Gasteiger partial charge on any atom is -0.508 e. The monoisotopic (exact) mass is 217 g/mol. The second kappa shape index (κ2) is 4.81. The zero-order chi connectivity index (χ0) is 11.4. The summed E-state index contributed by atoms with van der Waals surface area (Å²) >= 11 is 0. The molecule has 0 amide bonds. The van der Waals surface area contributed by atoms with E-state index in [0.717, 1.165) is 24.2 Å². The van der Waals surface area contributed by atoms with E-state index >= 15 is 0 Å². The summed E-state index contributed by atoms with van der Waals surface area (Å²) in [7, 11) is 0. The van der Waals surface area contributed by atoms with Gasteiger partial charge in [-0.1, -0.05) is 0 Å². The van der Waals surface area contributed by atoms with Crippen LogP contribution in [0.3, 0.4) is 0 Å². The molecule has 2 rings (SSSR count). The summed E-state index contributed by atoms with van der Waals surface area (Å²) in [5.41, 5.74) is 7.36. The second-order valence-corrected chi connectivity index (χ2v) is 3.65. The average Bonchev–Trinajstić information content (AvgIpc) is 2.76. The minimum absolute atomic E-state index is 0.270. The van der Waals surface area contributed by atoms with Crippen LogP contribution in [0.2, 0.25) is 0 Å². The van der Waals surface area contributed by atoms with Crippen molar-refractivity contribution in [3.05, 3.63) is 36.5 Å². The van der Waals surface area contributed by atoms with Crippen molar-refractivity contribution in [2.45, 2.75) is 13.0 Å². The van der Waals surface area contributed by atoms with Gasteiger partial charge in [-0.3, -0.25) is 4.68 Å². The number of nitrogens with zero attached hydrogens (tertiary/aromatic N) is 2. The predicted octanol–water partition coefficient (Wildman–Crippen LogP) is 1.60. The Balaban J connectivity index is 2.15. The molecule has 0 fully saturated rings. The van der Waals surface area contributed by atoms with Crippen LogP contribution >= 0.6 is 0 Å². The Morgan fingerprint density at radius 3 is 2.62 bits per heavy atom. The summed E-state index contributed by atoms with van der Waals surface area (Å²) in [6, 6.07) is 8.99. The van der Waals surface area contributed by atoms with E-state index in [1.54, 1.807) is 12.1 Å². The van der Waals surface area contributed by atoms with Crippen LogP contribution in [0.25, 0.3) is 11.3 Å². The Bertz CT molecular complexity index is 448. The third kappa shape index (κ3) is 2.41. The molecule has 1 aromatic carbocycles. The molecule has 16 heavy (non-hydrogen) atoms. The lowest BCUT2D eigenvalue weighted by Crippen LogP contribution is -2.06. The van der Waals surface area contributed by atoms with Crippen molar-refractivity contribution < 1.29 is 5.11 Å². The summed E-state index contributed by atoms with van der Waals surface area (Å²) in [6.45, 7) is 1.52. The van der Waals surface area contributed by atoms with E-state index in [1.807, 2.05) is 29.1 Å². The van der Waals surface area contributed by atoms with Crippen molar-refractivity contribution in [1.29, 1.82) is 0 Å². The lowest BCUT2D eigenvalue weighted by molar-refractivity contribution is 0.475. The van der Waals surface area contributed by atoms with E-state index in [1.165, 1.54) is 0 Å². The summed E-state index contributed by atoms with van der Waals surface area (Å²) in [5, 5.41) is 13.6. The highest BCUT2D eigenvalue weighted by Crippen LogP contribution is 2.19. The Kier molecular flexibility index (Phi) is 3.22. The van der Waals surface area contributed by atoms with Crippen LogP contribution < -0.4 is 5.73 Å². The number of aromatic hydroxyl groups is 1. The molecular weight excluding hydrogens is 202 g/mol. The Morgan fingerprint density at radius 2 is 1.94 bits per heavy atom. The number of aryl methyl sites for hydroxylation is 1. The number of hydrogen-bond acceptors (Lipinski definition) is 3. The highest BCUT2D eigenvalue weighted by molar-refractivity contribution is 5.59. The third-order valence-corrected chi connectivity index (χ3v) is 2.40. The molecule has 0 bridgehead atoms. The Hall–Kier alpha value is -1.81. The quantitative estimate of drug-likeness (QED) is 0.817. The van der Waals surface area contributed by atoms with Gasteiger partial charge >= 0.3 is 0 Å². The third-order valence-electron chi connectivity index (χ3n) is 2.40. The average molecular weight is 217 g/mol. The highest BCUT2D eigenvalue weighted by Gasteiger charge is 2.01. The number of hydrogen-bond donors (Lipinski definition) is 2. The molecule has 0 atom stereocenters. The Morgan fingerprint density at radius 1 is 1.19 bits per heavy atom. The van der Waals surface area contributed by atoms with Gasteiger partial charge in [-0.2, -0.15) is 5.10 Å². The van der Waals surface area contributed by atoms with Gasteiger partial charge in [0.25, 0.3) is 0 Å². The first-order chi connectivity index (χ1) is 7.79. The fourth-order valence-corrected chi connectivity index (χ4v) is 1.53. The first kappa shape index (κ1) is 10.7. The number of nitrogens with two attached hydrogens (primary N) is 1. The van der Waals surface area contributed by atoms with Crippen LogP contribution in [0.4, 0.5) is 0 Å². The second-order valence-electron chi connectivity index (χ2n) is 3.65. The van der Waals surface area contributed by atoms with Crippen LogP contribution in [0, 0.1) is 0 Å². The molecule has 0 aliphatic carbocycles. The van der Waals surface area contributed by atoms with Crippen molar-refractivity contribution in [2.75, 3.05) is 6.54 Å². The van der Waals surface area contributed by atoms with Crippen LogP contribution in [0.15, 0.2) is 36.5 Å². The number of phenols is 1. The van der Waals surface area contributed by atoms with Crippen molar-refractivity contribution >= 4 is 0 Å². The molecule has 0 spiro atoms. The molecule has 0 saturated heterocycles. The number of rotatable bonds is 4. The highest BCUT2D eigenvalue weighted by atomic mass is 16.3. The fourth-order valence-electron chi connectivity index (χ4n) is 1.53. The molecule has 4 nitrogen and oxygen atoms in total. The van der Waals surface area contributed by atoms with E-state index < -0.39 is 0 Å². The lowest BCUT2D eigenvalue weighted by atomic mass is 10.1. The molecule has 0 unspecified atom stereocenters. The first-order valence-electron chi connectivity index (χ1n) is 5.32. The summed E-state index contributed by atoms with van der Waals surface area (Å²) < 4.78 is 1.88. The zero-order valence-corrected chi connectivity index (χ0v) is 9.00. The fraction of sp³-hybridized carbons (Fsp3) is 0.250. The topological polar surface area (TPSA) is 64.1 Å². The molecule has 4 heteroatoms. The number of aromatic nitrogens is 2. The van der Waals surface area contributed by atoms with Crippen molar-refractivity contribution in [1.82, 2.24) is 9.78 Å². The van der Waals surface area contributed by atoms with Gasteiger partial charge in [-0.25, -0.2) is 0 Å². The van der Waals surface area contributed by atoms with E-state index in [-0.39, 0.29) is 5.75 Å². The Labute approximate surface area is 94.3 Å². The standard InChI is InChI=1S/C12H15N3O/c13-7-1-8-15-9-6-12(14-15)10-2-4-11(16)5-3-10/h2-6,9,16H,1,7-8,13H2. The van der Waals surface area contributed by atoms with Crippen LogP contribution in [-0.2, 0) is 6.54 Å². The van der Waals surface area contributed by atoms with Gasteiger partial charge in [0.1, 0.15) is 5.75 Å². The van der Waals surface area contributed by atoms with Gasteiger partial charge in [0, 0.05) is 18.3 Å². The molecule has 1 aromatic heterocycles. The van der Waals surface area contributed by atoms with E-state index in [0.29, 0.717) is 6.54 Å². The van der Waals surface area contributed by atoms with Crippen LogP contribution in [0.5, 0.6) is 5.75 Å². The molecule has 2 aromatic rings. The maximum atomic E-state index is 9.19. The van der Waals surface area contributed by atoms with Gasteiger partial charge < -0.3 is 10.8 Å². The SMILES string of the molecule is NCCCn1ccc(-c2ccc(O)cc2)n1. The van der Waals surface area contributed by atoms with E-state index in [4.69, 9.17) is 5.73 Å². The molecule has 0 radical (unpaired) electrons. The van der Waals surface area contributed by atoms with Gasteiger partial charge in [0.2, 0.25) is 0 Å². The smallest absolute Gasteiger partial charge is 0.115 e. The molecular formula is C12H15N3O. The van der Waals surface area contributed by atoms with E-state index in [9.17, 15) is 5.11 Å². The van der Waals surface area contributed by atoms with Gasteiger partial charge in [-0.15, -0.1) is 0 Å². The first-order valence-corrected chi connectivity index (χ1v) is 5.32. The predicted molar refractivity (Wildman–Crippen MR) is 63.0 cm³/mol. The van der Waals surface area contributed by atoms with Gasteiger partial charge in [0.05, 0.1) is 5.69 Å². The molecule has 1 heterocycles. The summed E-state index contributed by atoms with van der Waals surface area (Å²) in [6.07, 6.45) is 2.87. The summed E-state index contributed by atoms with van der Waals surface area (Å²) in [4.78, 5) is 0. The molecule has 0 saturated carbocycles. The van der Waals surface area contributed by atoms with Gasteiger partial charge in [-0.05, 0) is 43.3 Å². The number of phenolic OH excluding ortho intramolecular Hbond substituents is 1. The lowest BCUT2D eigenvalue weighted by Gasteiger charge is -1.99. The minimum atomic E-state index is 0.270. The zero-order valence-electron chi connectivity index (χ0n) is 9.00. The molecule has 3 N–H and O–H groups in total. The van der Waals surface area contributed by atoms with Crippen molar-refractivity contribution in [2.24, 2.45) is 5.73 Å².